The van der Waals surface area contributed by atoms with E-state index in [9.17, 15) is 4.79 Å². The number of carbonyl (C=O) groups excluding carboxylic acids is 1. The third-order valence-electron chi connectivity index (χ3n) is 3.67. The summed E-state index contributed by atoms with van der Waals surface area (Å²) < 4.78 is 1.87. The van der Waals surface area contributed by atoms with E-state index < -0.39 is 0 Å². The van der Waals surface area contributed by atoms with Crippen LogP contribution in [0.4, 0.5) is 5.82 Å². The highest BCUT2D eigenvalue weighted by Gasteiger charge is 2.11. The predicted octanol–water partition coefficient (Wildman–Crippen LogP) is 3.73. The van der Waals surface area contributed by atoms with Crippen molar-refractivity contribution < 1.29 is 4.79 Å². The lowest BCUT2D eigenvalue weighted by Gasteiger charge is -2.14. The Labute approximate surface area is 126 Å². The molecule has 0 spiro atoms. The second-order valence-electron chi connectivity index (χ2n) is 5.46. The SMILES string of the molecule is CCC(C)n1nccc1NC(=O)CCc1cccc(C)c1. The molecule has 0 aliphatic rings. The minimum Gasteiger partial charge on any atom is -0.311 e. The van der Waals surface area contributed by atoms with Crippen LogP contribution in [0, 0.1) is 6.92 Å². The Kier molecular flexibility index (Phi) is 5.14. The largest absolute Gasteiger partial charge is 0.311 e. The van der Waals surface area contributed by atoms with Gasteiger partial charge in [-0.15, -0.1) is 0 Å². The van der Waals surface area contributed by atoms with E-state index >= 15 is 0 Å². The van der Waals surface area contributed by atoms with E-state index in [1.54, 1.807) is 6.20 Å². The van der Waals surface area contributed by atoms with Crippen molar-refractivity contribution in [2.24, 2.45) is 0 Å². The molecule has 2 rings (SSSR count). The molecule has 0 fully saturated rings. The van der Waals surface area contributed by atoms with E-state index in [0.717, 1.165) is 18.7 Å². The van der Waals surface area contributed by atoms with E-state index in [0.29, 0.717) is 6.42 Å². The van der Waals surface area contributed by atoms with Crippen LogP contribution in [0.1, 0.15) is 43.9 Å². The monoisotopic (exact) mass is 285 g/mol. The minimum absolute atomic E-state index is 0.0292. The fourth-order valence-electron chi connectivity index (χ4n) is 2.27. The zero-order valence-electron chi connectivity index (χ0n) is 13.0. The second-order valence-corrected chi connectivity index (χ2v) is 5.46. The van der Waals surface area contributed by atoms with Crippen LogP contribution >= 0.6 is 0 Å². The summed E-state index contributed by atoms with van der Waals surface area (Å²) in [5.41, 5.74) is 2.42. The zero-order valence-corrected chi connectivity index (χ0v) is 13.0. The first-order valence-corrected chi connectivity index (χ1v) is 7.49. The van der Waals surface area contributed by atoms with Gasteiger partial charge in [0.25, 0.3) is 0 Å². The van der Waals surface area contributed by atoms with Crippen molar-refractivity contribution in [3.05, 3.63) is 47.7 Å². The maximum absolute atomic E-state index is 12.1. The molecule has 1 amide bonds. The third-order valence-corrected chi connectivity index (χ3v) is 3.67. The van der Waals surface area contributed by atoms with Crippen molar-refractivity contribution in [2.45, 2.75) is 46.1 Å². The summed E-state index contributed by atoms with van der Waals surface area (Å²) in [6, 6.07) is 10.4. The lowest BCUT2D eigenvalue weighted by atomic mass is 10.1. The molecule has 0 aliphatic heterocycles. The first-order valence-electron chi connectivity index (χ1n) is 7.49. The molecule has 4 nitrogen and oxygen atoms in total. The number of anilines is 1. The van der Waals surface area contributed by atoms with Crippen molar-refractivity contribution in [3.8, 4) is 0 Å². The van der Waals surface area contributed by atoms with Crippen molar-refractivity contribution >= 4 is 11.7 Å². The van der Waals surface area contributed by atoms with Gasteiger partial charge in [-0.1, -0.05) is 36.8 Å². The lowest BCUT2D eigenvalue weighted by molar-refractivity contribution is -0.116. The van der Waals surface area contributed by atoms with E-state index in [4.69, 9.17) is 0 Å². The summed E-state index contributed by atoms with van der Waals surface area (Å²) in [7, 11) is 0. The van der Waals surface area contributed by atoms with E-state index in [1.165, 1.54) is 11.1 Å². The van der Waals surface area contributed by atoms with Gasteiger partial charge in [0.15, 0.2) is 0 Å². The van der Waals surface area contributed by atoms with Gasteiger partial charge in [-0.05, 0) is 32.3 Å². The van der Waals surface area contributed by atoms with E-state index in [2.05, 4.69) is 49.4 Å². The predicted molar refractivity (Wildman–Crippen MR) is 85.4 cm³/mol. The summed E-state index contributed by atoms with van der Waals surface area (Å²) in [5, 5.41) is 7.22. The van der Waals surface area contributed by atoms with Crippen LogP contribution in [0.3, 0.4) is 0 Å². The van der Waals surface area contributed by atoms with Crippen LogP contribution in [-0.2, 0) is 11.2 Å². The van der Waals surface area contributed by atoms with Crippen molar-refractivity contribution in [1.82, 2.24) is 9.78 Å². The third kappa shape index (κ3) is 4.18. The Morgan fingerprint density at radius 3 is 2.90 bits per heavy atom. The number of aryl methyl sites for hydroxylation is 2. The molecule has 0 radical (unpaired) electrons. The summed E-state index contributed by atoms with van der Waals surface area (Å²) >= 11 is 0. The van der Waals surface area contributed by atoms with Crippen LogP contribution < -0.4 is 5.32 Å². The van der Waals surface area contributed by atoms with Gasteiger partial charge in [-0.2, -0.15) is 5.10 Å². The quantitative estimate of drug-likeness (QED) is 0.879. The normalized spacial score (nSPS) is 12.1. The molecule has 112 valence electrons. The Balaban J connectivity index is 1.92. The van der Waals surface area contributed by atoms with Gasteiger partial charge in [0.2, 0.25) is 5.91 Å². The molecule has 21 heavy (non-hydrogen) atoms. The Hall–Kier alpha value is -2.10. The van der Waals surface area contributed by atoms with Crippen LogP contribution in [-0.4, -0.2) is 15.7 Å². The molecule has 0 aliphatic carbocycles. The highest BCUT2D eigenvalue weighted by Crippen LogP contribution is 2.16. The fourth-order valence-corrected chi connectivity index (χ4v) is 2.27. The first kappa shape index (κ1) is 15.3. The molecule has 0 bridgehead atoms. The number of amides is 1. The molecule has 1 aromatic carbocycles. The Bertz CT molecular complexity index is 604. The number of nitrogens with one attached hydrogen (secondary N) is 1. The number of carbonyl (C=O) groups is 1. The Morgan fingerprint density at radius 2 is 2.19 bits per heavy atom. The number of nitrogens with zero attached hydrogens (tertiary/aromatic N) is 2. The molecule has 1 N–H and O–H groups in total. The first-order chi connectivity index (χ1) is 10.1. The van der Waals surface area contributed by atoms with Gasteiger partial charge in [-0.3, -0.25) is 4.79 Å². The fraction of sp³-hybridized carbons (Fsp3) is 0.412. The summed E-state index contributed by atoms with van der Waals surface area (Å²) in [6.07, 6.45) is 3.94. The topological polar surface area (TPSA) is 46.9 Å². The maximum Gasteiger partial charge on any atom is 0.225 e. The summed E-state index contributed by atoms with van der Waals surface area (Å²) in [6.45, 7) is 6.26. The number of hydrogen-bond acceptors (Lipinski definition) is 2. The molecule has 1 atom stereocenters. The van der Waals surface area contributed by atoms with E-state index in [-0.39, 0.29) is 11.9 Å². The van der Waals surface area contributed by atoms with Crippen molar-refractivity contribution in [1.29, 1.82) is 0 Å². The minimum atomic E-state index is 0.0292. The van der Waals surface area contributed by atoms with Crippen molar-refractivity contribution in [3.63, 3.8) is 0 Å². The smallest absolute Gasteiger partial charge is 0.225 e. The van der Waals surface area contributed by atoms with Crippen LogP contribution in [0.25, 0.3) is 0 Å². The van der Waals surface area contributed by atoms with E-state index in [1.807, 2.05) is 16.8 Å². The average molecular weight is 285 g/mol. The molecule has 1 unspecified atom stereocenters. The number of hydrogen-bond donors (Lipinski definition) is 1. The molecule has 1 heterocycles. The van der Waals surface area contributed by atoms with Crippen LogP contribution in [0.15, 0.2) is 36.5 Å². The average Bonchev–Trinajstić information content (AvgIpc) is 2.92. The molecule has 2 aromatic rings. The molecule has 0 saturated heterocycles. The summed E-state index contributed by atoms with van der Waals surface area (Å²) in [4.78, 5) is 12.1. The van der Waals surface area contributed by atoms with Gasteiger partial charge < -0.3 is 5.32 Å². The second kappa shape index (κ2) is 7.07. The number of rotatable bonds is 6. The highest BCUT2D eigenvalue weighted by atomic mass is 16.1. The number of benzene rings is 1. The molecule has 1 aromatic heterocycles. The molecular weight excluding hydrogens is 262 g/mol. The lowest BCUT2D eigenvalue weighted by Crippen LogP contribution is -2.17. The summed E-state index contributed by atoms with van der Waals surface area (Å²) in [5.74, 6) is 0.806. The zero-order chi connectivity index (χ0) is 15.2. The van der Waals surface area contributed by atoms with Crippen LogP contribution in [0.2, 0.25) is 0 Å². The highest BCUT2D eigenvalue weighted by molar-refractivity contribution is 5.89. The van der Waals surface area contributed by atoms with Gasteiger partial charge in [0.05, 0.1) is 12.2 Å². The molecular formula is C17H23N3O. The Morgan fingerprint density at radius 1 is 1.38 bits per heavy atom. The molecule has 0 saturated carbocycles. The standard InChI is InChI=1S/C17H23N3O/c1-4-14(3)20-16(10-11-18-20)19-17(21)9-8-15-7-5-6-13(2)12-15/h5-7,10-12,14H,4,8-9H2,1-3H3,(H,19,21). The van der Waals surface area contributed by atoms with Gasteiger partial charge in [0.1, 0.15) is 5.82 Å². The van der Waals surface area contributed by atoms with Gasteiger partial charge in [0, 0.05) is 12.5 Å². The molecule has 4 heteroatoms. The number of aromatic nitrogens is 2. The van der Waals surface area contributed by atoms with Crippen LogP contribution in [0.5, 0.6) is 0 Å². The van der Waals surface area contributed by atoms with Gasteiger partial charge in [-0.25, -0.2) is 4.68 Å². The van der Waals surface area contributed by atoms with Gasteiger partial charge >= 0.3 is 0 Å². The van der Waals surface area contributed by atoms with Crippen molar-refractivity contribution in [2.75, 3.05) is 5.32 Å². The maximum atomic E-state index is 12.1.